The van der Waals surface area contributed by atoms with Gasteiger partial charge in [-0.2, -0.15) is 0 Å². The number of anilines is 1. The summed E-state index contributed by atoms with van der Waals surface area (Å²) in [5, 5.41) is 10.1. The van der Waals surface area contributed by atoms with Gasteiger partial charge in [0.25, 0.3) is 0 Å². The zero-order valence-electron chi connectivity index (χ0n) is 11.9. The molecule has 2 aromatic heterocycles. The Morgan fingerprint density at radius 3 is 2.95 bits per heavy atom. The van der Waals surface area contributed by atoms with Gasteiger partial charge in [0.15, 0.2) is 5.15 Å². The van der Waals surface area contributed by atoms with Crippen LogP contribution in [0.1, 0.15) is 24.8 Å². The number of nitrogens with one attached hydrogen (secondary N) is 2. The molecule has 2 rings (SSSR count). The molecule has 0 aliphatic heterocycles. The highest BCUT2D eigenvalue weighted by molar-refractivity contribution is 6.32. The van der Waals surface area contributed by atoms with Crippen molar-refractivity contribution in [2.24, 2.45) is 0 Å². The molecular weight excluding hydrogens is 292 g/mol. The summed E-state index contributed by atoms with van der Waals surface area (Å²) in [6, 6.07) is 4.94. The molecule has 112 valence electrons. The average molecular weight is 309 g/mol. The number of amides is 1. The normalized spacial score (nSPS) is 12.0. The zero-order valence-corrected chi connectivity index (χ0v) is 12.6. The van der Waals surface area contributed by atoms with Crippen molar-refractivity contribution in [1.82, 2.24) is 15.5 Å². The number of pyridine rings is 1. The minimum absolute atomic E-state index is 0.127. The lowest BCUT2D eigenvalue weighted by Gasteiger charge is -2.18. The first kappa shape index (κ1) is 15.3. The molecule has 0 fully saturated rings. The molecule has 0 aromatic carbocycles. The summed E-state index contributed by atoms with van der Waals surface area (Å²) in [6.07, 6.45) is 2.22. The first-order valence-corrected chi connectivity index (χ1v) is 7.05. The molecule has 0 aliphatic rings. The van der Waals surface area contributed by atoms with Crippen LogP contribution in [0, 0.1) is 6.92 Å². The Labute approximate surface area is 127 Å². The first-order chi connectivity index (χ1) is 10.1. The van der Waals surface area contributed by atoms with Crippen molar-refractivity contribution in [3.8, 4) is 0 Å². The second kappa shape index (κ2) is 7.08. The lowest BCUT2D eigenvalue weighted by atomic mass is 10.2. The van der Waals surface area contributed by atoms with E-state index in [1.54, 1.807) is 31.3 Å². The standard InChI is InChI=1S/C14H17ClN4O2/c1-3-11(18-12-5-4-6-16-13(12)15)14(20)17-8-10-7-9(2)21-19-10/h4-7,11,18H,3,8H2,1-2H3,(H,17,20). The number of halogens is 1. The maximum atomic E-state index is 12.2. The van der Waals surface area contributed by atoms with Crippen LogP contribution in [0.25, 0.3) is 0 Å². The van der Waals surface area contributed by atoms with Crippen molar-refractivity contribution in [2.75, 3.05) is 5.32 Å². The van der Waals surface area contributed by atoms with Crippen LogP contribution in [0.5, 0.6) is 0 Å². The van der Waals surface area contributed by atoms with Crippen LogP contribution in [-0.4, -0.2) is 22.1 Å². The Kier molecular flexibility index (Phi) is 5.16. The molecule has 1 atom stereocenters. The van der Waals surface area contributed by atoms with E-state index in [0.29, 0.717) is 35.3 Å². The summed E-state index contributed by atoms with van der Waals surface area (Å²) in [6.45, 7) is 4.05. The van der Waals surface area contributed by atoms with E-state index in [2.05, 4.69) is 20.8 Å². The molecule has 1 unspecified atom stereocenters. The van der Waals surface area contributed by atoms with Crippen molar-refractivity contribution in [3.63, 3.8) is 0 Å². The van der Waals surface area contributed by atoms with Crippen LogP contribution in [0.2, 0.25) is 5.15 Å². The van der Waals surface area contributed by atoms with Gasteiger partial charge in [-0.1, -0.05) is 23.7 Å². The Morgan fingerprint density at radius 1 is 1.52 bits per heavy atom. The number of aromatic nitrogens is 2. The van der Waals surface area contributed by atoms with E-state index in [9.17, 15) is 4.79 Å². The summed E-state index contributed by atoms with van der Waals surface area (Å²) in [5.74, 6) is 0.588. The fourth-order valence-corrected chi connectivity index (χ4v) is 2.01. The highest BCUT2D eigenvalue weighted by atomic mass is 35.5. The van der Waals surface area contributed by atoms with Crippen LogP contribution in [-0.2, 0) is 11.3 Å². The van der Waals surface area contributed by atoms with E-state index in [1.165, 1.54) is 0 Å². The van der Waals surface area contributed by atoms with Crippen molar-refractivity contribution in [2.45, 2.75) is 32.9 Å². The number of hydrogen-bond acceptors (Lipinski definition) is 5. The first-order valence-electron chi connectivity index (χ1n) is 6.67. The predicted octanol–water partition coefficient (Wildman–Crippen LogP) is 2.54. The smallest absolute Gasteiger partial charge is 0.242 e. The molecule has 6 nitrogen and oxygen atoms in total. The predicted molar refractivity (Wildman–Crippen MR) is 80.0 cm³/mol. The van der Waals surface area contributed by atoms with E-state index < -0.39 is 0 Å². The maximum absolute atomic E-state index is 12.2. The third kappa shape index (κ3) is 4.19. The van der Waals surface area contributed by atoms with Gasteiger partial charge in [-0.05, 0) is 25.5 Å². The van der Waals surface area contributed by atoms with Crippen molar-refractivity contribution >= 4 is 23.2 Å². The highest BCUT2D eigenvalue weighted by Crippen LogP contribution is 2.19. The van der Waals surface area contributed by atoms with E-state index >= 15 is 0 Å². The molecule has 7 heteroatoms. The number of carbonyl (C=O) groups excluding carboxylic acids is 1. The SMILES string of the molecule is CCC(Nc1cccnc1Cl)C(=O)NCc1cc(C)on1. The number of hydrogen-bond donors (Lipinski definition) is 2. The van der Waals surface area contributed by atoms with E-state index in [1.807, 2.05) is 6.92 Å². The molecule has 0 saturated carbocycles. The van der Waals surface area contributed by atoms with Crippen molar-refractivity contribution < 1.29 is 9.32 Å². The van der Waals surface area contributed by atoms with Crippen molar-refractivity contribution in [1.29, 1.82) is 0 Å². The van der Waals surface area contributed by atoms with Gasteiger partial charge in [-0.3, -0.25) is 4.79 Å². The molecule has 0 saturated heterocycles. The number of rotatable bonds is 6. The quantitative estimate of drug-likeness (QED) is 0.802. The van der Waals surface area contributed by atoms with Crippen LogP contribution in [0.15, 0.2) is 28.9 Å². The zero-order chi connectivity index (χ0) is 15.2. The number of nitrogens with zero attached hydrogens (tertiary/aromatic N) is 2. The van der Waals surface area contributed by atoms with Gasteiger partial charge in [0.05, 0.1) is 12.2 Å². The second-order valence-electron chi connectivity index (χ2n) is 4.59. The van der Waals surface area contributed by atoms with Gasteiger partial charge in [-0.25, -0.2) is 4.98 Å². The highest BCUT2D eigenvalue weighted by Gasteiger charge is 2.17. The summed E-state index contributed by atoms with van der Waals surface area (Å²) < 4.78 is 4.95. The molecule has 1 amide bonds. The lowest BCUT2D eigenvalue weighted by Crippen LogP contribution is -2.39. The Hall–Kier alpha value is -2.08. The second-order valence-corrected chi connectivity index (χ2v) is 4.95. The molecule has 2 aromatic rings. The van der Waals surface area contributed by atoms with E-state index in [4.69, 9.17) is 16.1 Å². The Balaban J connectivity index is 1.94. The third-order valence-corrected chi connectivity index (χ3v) is 3.24. The van der Waals surface area contributed by atoms with E-state index in [0.717, 1.165) is 0 Å². The molecule has 0 spiro atoms. The monoisotopic (exact) mass is 308 g/mol. The molecule has 2 N–H and O–H groups in total. The molecule has 0 radical (unpaired) electrons. The Morgan fingerprint density at radius 2 is 2.33 bits per heavy atom. The van der Waals surface area contributed by atoms with Crippen LogP contribution in [0.4, 0.5) is 5.69 Å². The van der Waals surface area contributed by atoms with Crippen molar-refractivity contribution in [3.05, 3.63) is 41.0 Å². The molecule has 0 aliphatic carbocycles. The molecular formula is C14H17ClN4O2. The van der Waals surface area contributed by atoms with Crippen LogP contribution >= 0.6 is 11.6 Å². The lowest BCUT2D eigenvalue weighted by molar-refractivity contribution is -0.122. The third-order valence-electron chi connectivity index (χ3n) is 2.93. The molecule has 21 heavy (non-hydrogen) atoms. The van der Waals surface area contributed by atoms with Gasteiger partial charge in [0, 0.05) is 12.3 Å². The minimum atomic E-state index is -0.389. The summed E-state index contributed by atoms with van der Waals surface area (Å²) in [5.41, 5.74) is 1.33. The maximum Gasteiger partial charge on any atom is 0.242 e. The van der Waals surface area contributed by atoms with Crippen LogP contribution < -0.4 is 10.6 Å². The number of aryl methyl sites for hydroxylation is 1. The molecule has 0 bridgehead atoms. The fourth-order valence-electron chi connectivity index (χ4n) is 1.84. The van der Waals surface area contributed by atoms with E-state index in [-0.39, 0.29) is 11.9 Å². The fraction of sp³-hybridized carbons (Fsp3) is 0.357. The average Bonchev–Trinajstić information content (AvgIpc) is 2.89. The summed E-state index contributed by atoms with van der Waals surface area (Å²) in [4.78, 5) is 16.1. The number of carbonyl (C=O) groups is 1. The van der Waals surface area contributed by atoms with Gasteiger partial charge < -0.3 is 15.2 Å². The van der Waals surface area contributed by atoms with Gasteiger partial charge in [0.1, 0.15) is 17.5 Å². The largest absolute Gasteiger partial charge is 0.371 e. The summed E-state index contributed by atoms with van der Waals surface area (Å²) in [7, 11) is 0. The van der Waals surface area contributed by atoms with Gasteiger partial charge in [-0.15, -0.1) is 0 Å². The van der Waals surface area contributed by atoms with Gasteiger partial charge in [0.2, 0.25) is 5.91 Å². The minimum Gasteiger partial charge on any atom is -0.371 e. The molecule has 2 heterocycles. The Bertz CT molecular complexity index is 615. The summed E-state index contributed by atoms with van der Waals surface area (Å²) >= 11 is 5.98. The topological polar surface area (TPSA) is 80.0 Å². The van der Waals surface area contributed by atoms with Gasteiger partial charge >= 0.3 is 0 Å². The van der Waals surface area contributed by atoms with Crippen LogP contribution in [0.3, 0.4) is 0 Å².